The molecule has 0 spiro atoms. The number of rotatable bonds is 3. The summed E-state index contributed by atoms with van der Waals surface area (Å²) < 4.78 is 56.2. The van der Waals surface area contributed by atoms with Gasteiger partial charge in [-0.1, -0.05) is 0 Å². The number of fused-ring (bicyclic) bond motifs is 2. The SMILES string of the molecule is CC1=c2c(c(=O)[nH]c(=O)n2C2CC2)=C(O)C(F)C1c1cc2c(s1)CCC(C(N)C(F)(F)F)C2. The maximum absolute atomic E-state index is 15.5. The van der Waals surface area contributed by atoms with E-state index in [1.807, 2.05) is 0 Å². The molecule has 0 bridgehead atoms. The van der Waals surface area contributed by atoms with Gasteiger partial charge in [0.05, 0.1) is 11.3 Å². The van der Waals surface area contributed by atoms with E-state index in [0.717, 1.165) is 17.7 Å². The number of hydrogen-bond donors (Lipinski definition) is 3. The van der Waals surface area contributed by atoms with E-state index in [4.69, 9.17) is 5.73 Å². The lowest BCUT2D eigenvalue weighted by Gasteiger charge is -2.28. The van der Waals surface area contributed by atoms with E-state index in [-0.39, 0.29) is 29.5 Å². The summed E-state index contributed by atoms with van der Waals surface area (Å²) in [5, 5.41) is 10.7. The highest BCUT2D eigenvalue weighted by Crippen LogP contribution is 2.43. The predicted octanol–water partition coefficient (Wildman–Crippen LogP) is 1.90. The van der Waals surface area contributed by atoms with Crippen molar-refractivity contribution in [1.29, 1.82) is 0 Å². The van der Waals surface area contributed by atoms with Gasteiger partial charge in [0.15, 0.2) is 6.17 Å². The molecule has 2 heterocycles. The molecule has 0 radical (unpaired) electrons. The van der Waals surface area contributed by atoms with Gasteiger partial charge >= 0.3 is 11.9 Å². The molecule has 3 aliphatic rings. The first-order valence-corrected chi connectivity index (χ1v) is 11.7. The number of halogens is 4. The lowest BCUT2D eigenvalue weighted by Crippen LogP contribution is -2.58. The van der Waals surface area contributed by atoms with Crippen LogP contribution in [0.25, 0.3) is 11.3 Å². The Balaban J connectivity index is 1.62. The summed E-state index contributed by atoms with van der Waals surface area (Å²) in [5.41, 5.74) is 5.17. The molecular formula is C22H23F4N3O3S. The van der Waals surface area contributed by atoms with Crippen molar-refractivity contribution in [1.82, 2.24) is 9.55 Å². The Morgan fingerprint density at radius 3 is 2.61 bits per heavy atom. The number of aromatic nitrogens is 2. The minimum absolute atomic E-state index is 0.121. The molecule has 33 heavy (non-hydrogen) atoms. The Morgan fingerprint density at radius 2 is 1.97 bits per heavy atom. The number of nitrogens with zero attached hydrogens (tertiary/aromatic N) is 1. The molecule has 178 valence electrons. The average molecular weight is 486 g/mol. The van der Waals surface area contributed by atoms with Gasteiger partial charge in [-0.2, -0.15) is 13.2 Å². The Bertz CT molecular complexity index is 1370. The zero-order valence-electron chi connectivity index (χ0n) is 17.7. The number of aliphatic hydroxyl groups is 1. The summed E-state index contributed by atoms with van der Waals surface area (Å²) in [6, 6.07) is -0.347. The molecule has 4 N–H and O–H groups in total. The van der Waals surface area contributed by atoms with E-state index in [1.165, 1.54) is 15.9 Å². The number of nitrogens with two attached hydrogens (primary N) is 1. The van der Waals surface area contributed by atoms with Crippen LogP contribution in [0.4, 0.5) is 17.6 Å². The summed E-state index contributed by atoms with van der Waals surface area (Å²) in [6.07, 6.45) is -4.06. The third-order valence-corrected chi connectivity index (χ3v) is 8.36. The lowest BCUT2D eigenvalue weighted by molar-refractivity contribution is -0.159. The quantitative estimate of drug-likeness (QED) is 0.578. The molecule has 0 amide bonds. The predicted molar refractivity (Wildman–Crippen MR) is 115 cm³/mol. The smallest absolute Gasteiger partial charge is 0.403 e. The standard InChI is InChI=1S/C22H23F4N3O3S/c1-8-14(13-7-10-6-9(2-5-12(10)33-13)19(27)22(24,25)26)16(23)18(30)15-17(8)29(11-3-4-11)21(32)28-20(15)31/h7,9,11,14,16,19,30H,2-6,27H2,1H3,(H,28,31,32). The second kappa shape index (κ2) is 7.56. The number of nitrogens with one attached hydrogen (secondary N) is 1. The number of H-pyrrole nitrogens is 1. The zero-order chi connectivity index (χ0) is 23.8. The van der Waals surface area contributed by atoms with Gasteiger partial charge in [0.2, 0.25) is 0 Å². The molecule has 1 saturated carbocycles. The fourth-order valence-electron chi connectivity index (χ4n) is 5.18. The normalized spacial score (nSPS) is 26.2. The van der Waals surface area contributed by atoms with Gasteiger partial charge in [0.25, 0.3) is 5.56 Å². The Kier molecular flexibility index (Phi) is 5.13. The highest BCUT2D eigenvalue weighted by atomic mass is 32.1. The van der Waals surface area contributed by atoms with E-state index in [0.29, 0.717) is 22.4 Å². The van der Waals surface area contributed by atoms with E-state index in [1.54, 1.807) is 13.0 Å². The lowest BCUT2D eigenvalue weighted by atomic mass is 9.82. The van der Waals surface area contributed by atoms with Gasteiger partial charge in [-0.25, -0.2) is 9.18 Å². The summed E-state index contributed by atoms with van der Waals surface area (Å²) in [6.45, 7) is 1.64. The van der Waals surface area contributed by atoms with Crippen molar-refractivity contribution in [2.45, 2.75) is 69.4 Å². The van der Waals surface area contributed by atoms with Crippen molar-refractivity contribution in [3.8, 4) is 0 Å². The van der Waals surface area contributed by atoms with Crippen LogP contribution < -0.4 is 27.6 Å². The van der Waals surface area contributed by atoms with Crippen LogP contribution in [0.3, 0.4) is 0 Å². The molecular weight excluding hydrogens is 462 g/mol. The van der Waals surface area contributed by atoms with E-state index in [9.17, 15) is 27.9 Å². The monoisotopic (exact) mass is 485 g/mol. The minimum Gasteiger partial charge on any atom is -0.508 e. The molecule has 2 aromatic rings. The van der Waals surface area contributed by atoms with Crippen LogP contribution in [0.15, 0.2) is 15.7 Å². The van der Waals surface area contributed by atoms with Crippen LogP contribution in [0.2, 0.25) is 0 Å². The second-order valence-electron chi connectivity index (χ2n) is 9.20. The van der Waals surface area contributed by atoms with Crippen LogP contribution in [0.1, 0.15) is 53.5 Å². The fraction of sp³-hybridized carbons (Fsp3) is 0.545. The van der Waals surface area contributed by atoms with Crippen LogP contribution >= 0.6 is 11.3 Å². The summed E-state index contributed by atoms with van der Waals surface area (Å²) in [5.74, 6) is -2.41. The molecule has 6 nitrogen and oxygen atoms in total. The maximum Gasteiger partial charge on any atom is 0.403 e. The molecule has 1 fully saturated rings. The first-order chi connectivity index (χ1) is 15.5. The molecule has 0 aromatic carbocycles. The highest BCUT2D eigenvalue weighted by molar-refractivity contribution is 7.12. The number of hydrogen-bond acceptors (Lipinski definition) is 5. The zero-order valence-corrected chi connectivity index (χ0v) is 18.5. The molecule has 11 heteroatoms. The molecule has 2 aromatic heterocycles. The van der Waals surface area contributed by atoms with Crippen molar-refractivity contribution in [3.63, 3.8) is 0 Å². The van der Waals surface area contributed by atoms with Gasteiger partial charge in [0.1, 0.15) is 17.0 Å². The third-order valence-electron chi connectivity index (χ3n) is 7.04. The maximum atomic E-state index is 15.5. The first-order valence-electron chi connectivity index (χ1n) is 10.9. The number of alkyl halides is 4. The van der Waals surface area contributed by atoms with Crippen molar-refractivity contribution in [3.05, 3.63) is 52.8 Å². The Morgan fingerprint density at radius 1 is 1.27 bits per heavy atom. The molecule has 0 saturated heterocycles. The van der Waals surface area contributed by atoms with Crippen molar-refractivity contribution in [2.75, 3.05) is 0 Å². The number of thiophene rings is 1. The number of aromatic amines is 1. The van der Waals surface area contributed by atoms with Gasteiger partial charge in [-0.05, 0) is 62.1 Å². The first kappa shape index (κ1) is 22.4. The van der Waals surface area contributed by atoms with E-state index in [2.05, 4.69) is 4.98 Å². The Labute approximate surface area is 189 Å². The van der Waals surface area contributed by atoms with Gasteiger partial charge in [-0.15, -0.1) is 11.3 Å². The Hall–Kier alpha value is -2.40. The topological polar surface area (TPSA) is 101 Å². The molecule has 5 rings (SSSR count). The fourth-order valence-corrected chi connectivity index (χ4v) is 6.58. The summed E-state index contributed by atoms with van der Waals surface area (Å²) in [4.78, 5) is 28.6. The second-order valence-corrected chi connectivity index (χ2v) is 10.4. The van der Waals surface area contributed by atoms with Gasteiger partial charge in [-0.3, -0.25) is 14.3 Å². The van der Waals surface area contributed by atoms with Crippen molar-refractivity contribution >= 4 is 22.7 Å². The van der Waals surface area contributed by atoms with Crippen LogP contribution in [-0.2, 0) is 12.8 Å². The molecule has 4 atom stereocenters. The summed E-state index contributed by atoms with van der Waals surface area (Å²) in [7, 11) is 0. The average Bonchev–Trinajstić information content (AvgIpc) is 3.48. The van der Waals surface area contributed by atoms with Gasteiger partial charge < -0.3 is 10.8 Å². The van der Waals surface area contributed by atoms with Crippen molar-refractivity contribution < 1.29 is 22.7 Å². The number of aryl methyl sites for hydroxylation is 1. The largest absolute Gasteiger partial charge is 0.508 e. The minimum atomic E-state index is -4.48. The molecule has 0 aliphatic heterocycles. The van der Waals surface area contributed by atoms with Crippen LogP contribution in [0, 0.1) is 5.92 Å². The van der Waals surface area contributed by atoms with E-state index < -0.39 is 47.2 Å². The number of aliphatic hydroxyl groups excluding tert-OH is 1. The highest BCUT2D eigenvalue weighted by Gasteiger charge is 2.44. The van der Waals surface area contributed by atoms with Crippen LogP contribution in [0.5, 0.6) is 0 Å². The van der Waals surface area contributed by atoms with Gasteiger partial charge in [0, 0.05) is 15.8 Å². The van der Waals surface area contributed by atoms with Crippen molar-refractivity contribution in [2.24, 2.45) is 11.7 Å². The molecule has 4 unspecified atom stereocenters. The third kappa shape index (κ3) is 3.56. The van der Waals surface area contributed by atoms with Crippen LogP contribution in [-0.4, -0.2) is 33.0 Å². The molecule has 3 aliphatic carbocycles. The summed E-state index contributed by atoms with van der Waals surface area (Å²) >= 11 is 1.30. The van der Waals surface area contributed by atoms with E-state index >= 15 is 4.39 Å².